The highest BCUT2D eigenvalue weighted by Gasteiger charge is 2.25. The first kappa shape index (κ1) is 19.2. The van der Waals surface area contributed by atoms with Gasteiger partial charge in [0.15, 0.2) is 0 Å². The number of fused-ring (bicyclic) bond motifs is 1. The summed E-state index contributed by atoms with van der Waals surface area (Å²) in [5, 5.41) is 4.02. The number of rotatable bonds is 4. The minimum Gasteiger partial charge on any atom is -0.370 e. The standard InChI is InChI=1S/C26H24N4O/c1-18-15-25(30-14-12-20(17-30)19-7-3-2-4-8-19)22-16-21(10-11-23(22)28-18)29-26(31)24-9-5-6-13-27-24/h2-11,13,15-16,20H,12,14,17H2,1H3,(H,29,31). The van der Waals surface area contributed by atoms with Gasteiger partial charge in [0.25, 0.3) is 5.91 Å². The molecule has 0 spiro atoms. The van der Waals surface area contributed by atoms with E-state index in [0.717, 1.165) is 41.8 Å². The number of carbonyl (C=O) groups is 1. The van der Waals surface area contributed by atoms with E-state index in [1.54, 1.807) is 18.3 Å². The van der Waals surface area contributed by atoms with Crippen molar-refractivity contribution in [3.05, 3.63) is 95.9 Å². The summed E-state index contributed by atoms with van der Waals surface area (Å²) in [7, 11) is 0. The highest BCUT2D eigenvalue weighted by molar-refractivity contribution is 6.04. The fraction of sp³-hybridized carbons (Fsp3) is 0.192. The van der Waals surface area contributed by atoms with Crippen molar-refractivity contribution in [1.82, 2.24) is 9.97 Å². The van der Waals surface area contributed by atoms with Gasteiger partial charge in [-0.05, 0) is 55.3 Å². The van der Waals surface area contributed by atoms with E-state index in [9.17, 15) is 4.79 Å². The number of benzene rings is 2. The summed E-state index contributed by atoms with van der Waals surface area (Å²) in [6.45, 7) is 4.01. The van der Waals surface area contributed by atoms with Gasteiger partial charge in [-0.3, -0.25) is 14.8 Å². The maximum Gasteiger partial charge on any atom is 0.274 e. The molecule has 2 aromatic carbocycles. The quantitative estimate of drug-likeness (QED) is 0.505. The van der Waals surface area contributed by atoms with Gasteiger partial charge in [0.1, 0.15) is 5.69 Å². The van der Waals surface area contributed by atoms with E-state index in [1.165, 1.54) is 11.3 Å². The molecule has 154 valence electrons. The van der Waals surface area contributed by atoms with Crippen LogP contribution in [0.15, 0.2) is 79.0 Å². The fourth-order valence-corrected chi connectivity index (χ4v) is 4.34. The van der Waals surface area contributed by atoms with E-state index in [0.29, 0.717) is 11.6 Å². The van der Waals surface area contributed by atoms with Gasteiger partial charge in [0.2, 0.25) is 0 Å². The maximum absolute atomic E-state index is 12.5. The Kier molecular flexibility index (Phi) is 5.08. The van der Waals surface area contributed by atoms with Gasteiger partial charge in [0.05, 0.1) is 5.52 Å². The number of hydrogen-bond acceptors (Lipinski definition) is 4. The smallest absolute Gasteiger partial charge is 0.274 e. The van der Waals surface area contributed by atoms with Gasteiger partial charge in [0, 0.05) is 47.7 Å². The zero-order valence-electron chi connectivity index (χ0n) is 17.5. The van der Waals surface area contributed by atoms with Gasteiger partial charge in [-0.1, -0.05) is 36.4 Å². The van der Waals surface area contributed by atoms with Gasteiger partial charge in [-0.2, -0.15) is 0 Å². The van der Waals surface area contributed by atoms with Crippen molar-refractivity contribution in [3.63, 3.8) is 0 Å². The first-order valence-electron chi connectivity index (χ1n) is 10.6. The summed E-state index contributed by atoms with van der Waals surface area (Å²) in [6, 6.07) is 24.1. The number of aromatic nitrogens is 2. The molecule has 0 radical (unpaired) electrons. The van der Waals surface area contributed by atoms with Crippen molar-refractivity contribution >= 4 is 28.2 Å². The van der Waals surface area contributed by atoms with Crippen LogP contribution in [0, 0.1) is 6.92 Å². The summed E-state index contributed by atoms with van der Waals surface area (Å²) in [4.78, 5) is 23.8. The molecule has 0 saturated carbocycles. The topological polar surface area (TPSA) is 58.1 Å². The van der Waals surface area contributed by atoms with Crippen LogP contribution in [-0.4, -0.2) is 29.0 Å². The van der Waals surface area contributed by atoms with E-state index in [2.05, 4.69) is 51.6 Å². The fourth-order valence-electron chi connectivity index (χ4n) is 4.34. The maximum atomic E-state index is 12.5. The molecule has 5 rings (SSSR count). The molecule has 1 N–H and O–H groups in total. The van der Waals surface area contributed by atoms with Gasteiger partial charge in [-0.25, -0.2) is 0 Å². The number of aryl methyl sites for hydroxylation is 1. The highest BCUT2D eigenvalue weighted by Crippen LogP contribution is 2.35. The summed E-state index contributed by atoms with van der Waals surface area (Å²) in [5.74, 6) is 0.309. The van der Waals surface area contributed by atoms with Crippen molar-refractivity contribution in [2.75, 3.05) is 23.3 Å². The van der Waals surface area contributed by atoms with Gasteiger partial charge < -0.3 is 10.2 Å². The van der Waals surface area contributed by atoms with E-state index >= 15 is 0 Å². The second-order valence-corrected chi connectivity index (χ2v) is 8.03. The minimum absolute atomic E-state index is 0.216. The third kappa shape index (κ3) is 3.99. The second kappa shape index (κ2) is 8.19. The lowest BCUT2D eigenvalue weighted by atomic mass is 9.99. The molecule has 31 heavy (non-hydrogen) atoms. The van der Waals surface area contributed by atoms with Crippen LogP contribution in [0.2, 0.25) is 0 Å². The van der Waals surface area contributed by atoms with E-state index in [1.807, 2.05) is 31.2 Å². The van der Waals surface area contributed by atoms with Crippen molar-refractivity contribution in [2.24, 2.45) is 0 Å². The van der Waals surface area contributed by atoms with Crippen LogP contribution in [0.4, 0.5) is 11.4 Å². The highest BCUT2D eigenvalue weighted by atomic mass is 16.1. The monoisotopic (exact) mass is 408 g/mol. The third-order valence-electron chi connectivity index (χ3n) is 5.87. The molecule has 0 bridgehead atoms. The zero-order valence-corrected chi connectivity index (χ0v) is 17.5. The number of anilines is 2. The second-order valence-electron chi connectivity index (χ2n) is 8.03. The molecule has 1 amide bonds. The molecule has 1 saturated heterocycles. The molecule has 3 heterocycles. The van der Waals surface area contributed by atoms with Crippen molar-refractivity contribution in [1.29, 1.82) is 0 Å². The van der Waals surface area contributed by atoms with Crippen LogP contribution < -0.4 is 10.2 Å². The molecule has 1 aliphatic heterocycles. The Morgan fingerprint density at radius 1 is 1.03 bits per heavy atom. The van der Waals surface area contributed by atoms with Crippen LogP contribution in [0.1, 0.15) is 34.1 Å². The molecule has 4 aromatic rings. The summed E-state index contributed by atoms with van der Waals surface area (Å²) in [5.41, 5.74) is 5.65. The van der Waals surface area contributed by atoms with E-state index in [-0.39, 0.29) is 5.91 Å². The first-order chi connectivity index (χ1) is 15.2. The molecule has 1 fully saturated rings. The average Bonchev–Trinajstić information content (AvgIpc) is 3.30. The predicted molar refractivity (Wildman–Crippen MR) is 125 cm³/mol. The Labute approximate surface area is 181 Å². The zero-order chi connectivity index (χ0) is 21.2. The Hall–Kier alpha value is -3.73. The lowest BCUT2D eigenvalue weighted by Gasteiger charge is -2.22. The predicted octanol–water partition coefficient (Wildman–Crippen LogP) is 5.18. The van der Waals surface area contributed by atoms with Crippen LogP contribution in [0.3, 0.4) is 0 Å². The Morgan fingerprint density at radius 2 is 1.87 bits per heavy atom. The molecule has 2 aromatic heterocycles. The number of nitrogens with zero attached hydrogens (tertiary/aromatic N) is 3. The van der Waals surface area contributed by atoms with Crippen molar-refractivity contribution in [3.8, 4) is 0 Å². The minimum atomic E-state index is -0.216. The number of hydrogen-bond donors (Lipinski definition) is 1. The molecule has 1 atom stereocenters. The Balaban J connectivity index is 1.45. The molecule has 5 nitrogen and oxygen atoms in total. The van der Waals surface area contributed by atoms with Crippen LogP contribution in [-0.2, 0) is 0 Å². The average molecular weight is 409 g/mol. The molecular formula is C26H24N4O. The largest absolute Gasteiger partial charge is 0.370 e. The van der Waals surface area contributed by atoms with Crippen LogP contribution >= 0.6 is 0 Å². The Bertz CT molecular complexity index is 1220. The third-order valence-corrected chi connectivity index (χ3v) is 5.87. The molecule has 1 aliphatic rings. The number of nitrogens with one attached hydrogen (secondary N) is 1. The number of carbonyl (C=O) groups excluding carboxylic acids is 1. The molecule has 5 heteroatoms. The summed E-state index contributed by atoms with van der Waals surface area (Å²) >= 11 is 0. The van der Waals surface area contributed by atoms with E-state index < -0.39 is 0 Å². The van der Waals surface area contributed by atoms with Crippen molar-refractivity contribution in [2.45, 2.75) is 19.3 Å². The first-order valence-corrected chi connectivity index (χ1v) is 10.6. The summed E-state index contributed by atoms with van der Waals surface area (Å²) in [6.07, 6.45) is 2.75. The van der Waals surface area contributed by atoms with Crippen LogP contribution in [0.5, 0.6) is 0 Å². The lowest BCUT2D eigenvalue weighted by Crippen LogP contribution is -2.20. The number of pyridine rings is 2. The normalized spacial score (nSPS) is 15.9. The van der Waals surface area contributed by atoms with Crippen molar-refractivity contribution < 1.29 is 4.79 Å². The molecule has 0 aliphatic carbocycles. The molecule has 1 unspecified atom stereocenters. The van der Waals surface area contributed by atoms with Crippen LogP contribution in [0.25, 0.3) is 10.9 Å². The Morgan fingerprint density at radius 3 is 2.68 bits per heavy atom. The van der Waals surface area contributed by atoms with Gasteiger partial charge in [-0.15, -0.1) is 0 Å². The molecular weight excluding hydrogens is 384 g/mol. The SMILES string of the molecule is Cc1cc(N2CCC(c3ccccc3)C2)c2cc(NC(=O)c3ccccn3)ccc2n1. The lowest BCUT2D eigenvalue weighted by molar-refractivity contribution is 0.102. The number of amides is 1. The summed E-state index contributed by atoms with van der Waals surface area (Å²) < 4.78 is 0. The van der Waals surface area contributed by atoms with Gasteiger partial charge >= 0.3 is 0 Å². The van der Waals surface area contributed by atoms with E-state index in [4.69, 9.17) is 4.98 Å².